The molecular weight excluding hydrogens is 913 g/mol. The first-order valence-electron chi connectivity index (χ1n) is 31.9. The molecular formula is C68H120O6. The van der Waals surface area contributed by atoms with Gasteiger partial charge in [0.1, 0.15) is 13.2 Å². The third-order valence-corrected chi connectivity index (χ3v) is 13.9. The average molecular weight is 1030 g/mol. The summed E-state index contributed by atoms with van der Waals surface area (Å²) >= 11 is 0. The summed E-state index contributed by atoms with van der Waals surface area (Å²) in [7, 11) is 0. The molecule has 0 aliphatic rings. The topological polar surface area (TPSA) is 78.9 Å². The van der Waals surface area contributed by atoms with Crippen molar-refractivity contribution in [2.45, 2.75) is 329 Å². The van der Waals surface area contributed by atoms with Gasteiger partial charge in [-0.2, -0.15) is 0 Å². The largest absolute Gasteiger partial charge is 0.462 e. The fourth-order valence-corrected chi connectivity index (χ4v) is 9.17. The van der Waals surface area contributed by atoms with Crippen molar-refractivity contribution in [3.63, 3.8) is 0 Å². The molecule has 1 atom stereocenters. The number of carbonyl (C=O) groups is 3. The van der Waals surface area contributed by atoms with Crippen LogP contribution in [0, 0.1) is 0 Å². The van der Waals surface area contributed by atoms with Crippen LogP contribution in [-0.4, -0.2) is 37.2 Å². The first-order chi connectivity index (χ1) is 36.5. The molecule has 1 unspecified atom stereocenters. The highest BCUT2D eigenvalue weighted by atomic mass is 16.6. The van der Waals surface area contributed by atoms with Crippen molar-refractivity contribution < 1.29 is 28.6 Å². The van der Waals surface area contributed by atoms with E-state index in [1.54, 1.807) is 0 Å². The Morgan fingerprint density at radius 3 is 0.838 bits per heavy atom. The predicted molar refractivity (Wildman–Crippen MR) is 321 cm³/mol. The summed E-state index contributed by atoms with van der Waals surface area (Å²) in [6.45, 7) is 6.54. The van der Waals surface area contributed by atoms with Crippen molar-refractivity contribution in [2.24, 2.45) is 0 Å². The van der Waals surface area contributed by atoms with Gasteiger partial charge in [0.2, 0.25) is 0 Å². The van der Waals surface area contributed by atoms with E-state index in [0.717, 1.165) is 116 Å². The Hall–Kier alpha value is -3.15. The molecule has 0 amide bonds. The first-order valence-corrected chi connectivity index (χ1v) is 31.9. The van der Waals surface area contributed by atoms with Gasteiger partial charge in [-0.15, -0.1) is 0 Å². The van der Waals surface area contributed by atoms with Gasteiger partial charge in [-0.1, -0.05) is 286 Å². The lowest BCUT2D eigenvalue weighted by Crippen LogP contribution is -2.30. The van der Waals surface area contributed by atoms with Gasteiger partial charge in [-0.25, -0.2) is 0 Å². The molecule has 0 aliphatic heterocycles. The maximum atomic E-state index is 12.9. The number of allylic oxidation sites excluding steroid dienone is 12. The summed E-state index contributed by atoms with van der Waals surface area (Å²) in [6, 6.07) is 0. The van der Waals surface area contributed by atoms with Gasteiger partial charge in [0.25, 0.3) is 0 Å². The van der Waals surface area contributed by atoms with E-state index in [1.165, 1.54) is 167 Å². The van der Waals surface area contributed by atoms with Crippen molar-refractivity contribution in [3.8, 4) is 0 Å². The van der Waals surface area contributed by atoms with Crippen LogP contribution >= 0.6 is 0 Å². The number of carbonyl (C=O) groups excluding carboxylic acids is 3. The smallest absolute Gasteiger partial charge is 0.306 e. The Balaban J connectivity index is 4.39. The van der Waals surface area contributed by atoms with E-state index in [-0.39, 0.29) is 31.1 Å². The van der Waals surface area contributed by atoms with Crippen LogP contribution in [0.2, 0.25) is 0 Å². The number of ether oxygens (including phenoxy) is 3. The zero-order valence-corrected chi connectivity index (χ0v) is 49.1. The Labute approximate surface area is 459 Å². The molecule has 0 heterocycles. The summed E-state index contributed by atoms with van der Waals surface area (Å²) in [4.78, 5) is 38.3. The average Bonchev–Trinajstić information content (AvgIpc) is 3.40. The van der Waals surface area contributed by atoms with Crippen LogP contribution in [0.4, 0.5) is 0 Å². The molecule has 0 aromatic rings. The number of esters is 3. The van der Waals surface area contributed by atoms with Gasteiger partial charge in [0.15, 0.2) is 6.10 Å². The number of unbranched alkanes of at least 4 members (excludes halogenated alkanes) is 35. The molecule has 0 rings (SSSR count). The van der Waals surface area contributed by atoms with E-state index in [1.807, 2.05) is 0 Å². The fourth-order valence-electron chi connectivity index (χ4n) is 9.17. The van der Waals surface area contributed by atoms with Gasteiger partial charge < -0.3 is 14.2 Å². The molecule has 0 N–H and O–H groups in total. The summed E-state index contributed by atoms with van der Waals surface area (Å²) < 4.78 is 16.9. The fraction of sp³-hybridized carbons (Fsp3) is 0.779. The van der Waals surface area contributed by atoms with E-state index in [2.05, 4.69) is 93.7 Å². The van der Waals surface area contributed by atoms with Crippen LogP contribution in [-0.2, 0) is 28.6 Å². The Morgan fingerprint density at radius 2 is 0.527 bits per heavy atom. The van der Waals surface area contributed by atoms with Gasteiger partial charge in [0.05, 0.1) is 0 Å². The van der Waals surface area contributed by atoms with Crippen molar-refractivity contribution in [1.82, 2.24) is 0 Å². The summed E-state index contributed by atoms with van der Waals surface area (Å²) in [5.74, 6) is -0.893. The molecule has 6 heteroatoms. The second kappa shape index (κ2) is 62.4. The maximum Gasteiger partial charge on any atom is 0.306 e. The van der Waals surface area contributed by atoms with Crippen molar-refractivity contribution in [1.29, 1.82) is 0 Å². The zero-order chi connectivity index (χ0) is 53.6. The third-order valence-electron chi connectivity index (χ3n) is 13.9. The zero-order valence-electron chi connectivity index (χ0n) is 49.1. The highest BCUT2D eigenvalue weighted by Crippen LogP contribution is 2.17. The molecule has 0 fully saturated rings. The van der Waals surface area contributed by atoms with Gasteiger partial charge in [0, 0.05) is 19.3 Å². The van der Waals surface area contributed by atoms with E-state index in [9.17, 15) is 14.4 Å². The Morgan fingerprint density at radius 1 is 0.284 bits per heavy atom. The number of hydrogen-bond acceptors (Lipinski definition) is 6. The van der Waals surface area contributed by atoms with Crippen molar-refractivity contribution in [3.05, 3.63) is 72.9 Å². The third kappa shape index (κ3) is 59.7. The van der Waals surface area contributed by atoms with E-state index >= 15 is 0 Å². The van der Waals surface area contributed by atoms with Gasteiger partial charge >= 0.3 is 17.9 Å². The molecule has 428 valence electrons. The highest BCUT2D eigenvalue weighted by Gasteiger charge is 2.19. The van der Waals surface area contributed by atoms with Crippen LogP contribution < -0.4 is 0 Å². The van der Waals surface area contributed by atoms with Crippen LogP contribution in [0.25, 0.3) is 0 Å². The molecule has 0 saturated carbocycles. The quantitative estimate of drug-likeness (QED) is 0.0261. The van der Waals surface area contributed by atoms with Crippen molar-refractivity contribution in [2.75, 3.05) is 13.2 Å². The summed E-state index contributed by atoms with van der Waals surface area (Å²) in [5, 5.41) is 0. The number of hydrogen-bond donors (Lipinski definition) is 0. The highest BCUT2D eigenvalue weighted by molar-refractivity contribution is 5.71. The van der Waals surface area contributed by atoms with Crippen LogP contribution in [0.3, 0.4) is 0 Å². The summed E-state index contributed by atoms with van der Waals surface area (Å²) in [5.41, 5.74) is 0. The minimum atomic E-state index is -0.787. The van der Waals surface area contributed by atoms with E-state index in [4.69, 9.17) is 14.2 Å². The molecule has 6 nitrogen and oxygen atoms in total. The normalized spacial score (nSPS) is 12.5. The molecule has 0 saturated heterocycles. The molecule has 74 heavy (non-hydrogen) atoms. The molecule has 0 aromatic heterocycles. The first kappa shape index (κ1) is 70.8. The molecule has 0 aromatic carbocycles. The van der Waals surface area contributed by atoms with Crippen LogP contribution in [0.15, 0.2) is 72.9 Å². The maximum absolute atomic E-state index is 12.9. The molecule has 0 radical (unpaired) electrons. The predicted octanol–water partition coefficient (Wildman–Crippen LogP) is 21.7. The Bertz CT molecular complexity index is 1370. The number of rotatable bonds is 58. The second-order valence-electron chi connectivity index (χ2n) is 21.3. The monoisotopic (exact) mass is 1030 g/mol. The lowest BCUT2D eigenvalue weighted by atomic mass is 10.0. The van der Waals surface area contributed by atoms with E-state index < -0.39 is 6.10 Å². The van der Waals surface area contributed by atoms with Crippen molar-refractivity contribution >= 4 is 17.9 Å². The lowest BCUT2D eigenvalue weighted by Gasteiger charge is -2.18. The minimum Gasteiger partial charge on any atom is -0.462 e. The standard InChI is InChI=1S/C68H120O6/c1-4-7-10-13-16-19-22-25-28-30-32-34-36-37-40-43-46-49-52-55-58-61-67(70)73-64-65(63-72-66(69)60-57-54-51-48-45-42-39-27-24-21-18-15-12-9-6-3)74-68(71)62-59-56-53-50-47-44-41-38-35-33-31-29-26-23-20-17-14-11-8-5-2/h7,10,16,19,25,27-28,32,34,37,39-40,65H,4-6,8-9,11-15,17-18,20-24,26,29-31,33,35-36,38,41-64H2,1-3H3/b10-7-,19-16-,28-25-,34-32-,39-27-,40-37-. The lowest BCUT2D eigenvalue weighted by molar-refractivity contribution is -0.167. The van der Waals surface area contributed by atoms with Gasteiger partial charge in [-0.3, -0.25) is 14.4 Å². The molecule has 0 bridgehead atoms. The Kier molecular flexibility index (Phi) is 59.7. The van der Waals surface area contributed by atoms with E-state index in [0.29, 0.717) is 19.3 Å². The van der Waals surface area contributed by atoms with Crippen LogP contribution in [0.1, 0.15) is 323 Å². The molecule has 0 spiro atoms. The van der Waals surface area contributed by atoms with Crippen LogP contribution in [0.5, 0.6) is 0 Å². The van der Waals surface area contributed by atoms with Gasteiger partial charge in [-0.05, 0) is 89.9 Å². The minimum absolute atomic E-state index is 0.0833. The summed E-state index contributed by atoms with van der Waals surface area (Å²) in [6.07, 6.45) is 80.4. The molecule has 0 aliphatic carbocycles. The SMILES string of the molecule is CC/C=C\C/C=C\C/C=C\C/C=C\C/C=C\CCCCCCCC(=O)OCC(COC(=O)CCCCCCC/C=C\CCCCCCCC)OC(=O)CCCCCCCCCCCCCCCCCCCCCC. The second-order valence-corrected chi connectivity index (χ2v) is 21.3.